The number of carbonyl (C=O) groups excluding carboxylic acids is 1. The largest absolute Gasteiger partial charge is 0.496 e. The lowest BCUT2D eigenvalue weighted by Crippen LogP contribution is -2.35. The molecular formula is C13H15FN2O4S. The van der Waals surface area contributed by atoms with Crippen molar-refractivity contribution in [2.45, 2.75) is 11.3 Å². The number of carbonyl (C=O) groups is 1. The minimum atomic E-state index is -3.89. The van der Waals surface area contributed by atoms with E-state index in [0.717, 1.165) is 10.4 Å². The van der Waals surface area contributed by atoms with Gasteiger partial charge in [-0.15, -0.1) is 0 Å². The highest BCUT2D eigenvalue weighted by Gasteiger charge is 2.28. The topological polar surface area (TPSA) is 89.7 Å². The molecular weight excluding hydrogens is 299 g/mol. The Bertz CT molecular complexity index is 700. The molecule has 0 saturated carbocycles. The molecule has 0 radical (unpaired) electrons. The van der Waals surface area contributed by atoms with Crippen LogP contribution < -0.4 is 10.5 Å². The van der Waals surface area contributed by atoms with Crippen LogP contribution in [0.4, 0.5) is 4.39 Å². The first kappa shape index (κ1) is 15.5. The molecule has 2 N–H and O–H groups in total. The lowest BCUT2D eigenvalue weighted by atomic mass is 10.2. The molecule has 6 nitrogen and oxygen atoms in total. The molecule has 0 spiro atoms. The van der Waals surface area contributed by atoms with Gasteiger partial charge in [0.25, 0.3) is 5.91 Å². The van der Waals surface area contributed by atoms with Crippen LogP contribution in [0.5, 0.6) is 5.75 Å². The van der Waals surface area contributed by atoms with Gasteiger partial charge in [0.2, 0.25) is 10.0 Å². The summed E-state index contributed by atoms with van der Waals surface area (Å²) in [7, 11) is -2.54. The lowest BCUT2D eigenvalue weighted by Gasteiger charge is -2.24. The van der Waals surface area contributed by atoms with Gasteiger partial charge in [0.15, 0.2) is 0 Å². The highest BCUT2D eigenvalue weighted by Crippen LogP contribution is 2.26. The quantitative estimate of drug-likeness (QED) is 0.899. The van der Waals surface area contributed by atoms with Crippen LogP contribution in [-0.4, -0.2) is 38.8 Å². The standard InChI is InChI=1S/C13H15FN2O4S/c1-20-12-5-4-10(7-11(12)13(15)17)21(18,19)16-6-2-3-9(14)8-16/h3-5,7H,2,6,8H2,1H3,(H2,15,17). The van der Waals surface area contributed by atoms with Gasteiger partial charge in [0, 0.05) is 6.54 Å². The Morgan fingerprint density at radius 2 is 2.14 bits per heavy atom. The van der Waals surface area contributed by atoms with Gasteiger partial charge in [-0.2, -0.15) is 4.31 Å². The predicted octanol–water partition coefficient (Wildman–Crippen LogP) is 1.04. The fourth-order valence-electron chi connectivity index (χ4n) is 2.07. The Balaban J connectivity index is 2.43. The summed E-state index contributed by atoms with van der Waals surface area (Å²) in [5, 5.41) is 0. The van der Waals surface area contributed by atoms with Gasteiger partial charge in [0.1, 0.15) is 11.6 Å². The van der Waals surface area contributed by atoms with Crippen molar-refractivity contribution in [2.24, 2.45) is 5.73 Å². The van der Waals surface area contributed by atoms with E-state index >= 15 is 0 Å². The van der Waals surface area contributed by atoms with Gasteiger partial charge in [-0.1, -0.05) is 6.08 Å². The Morgan fingerprint density at radius 3 is 2.71 bits per heavy atom. The first-order valence-corrected chi connectivity index (χ1v) is 7.63. The number of nitrogens with two attached hydrogens (primary N) is 1. The predicted molar refractivity (Wildman–Crippen MR) is 74.1 cm³/mol. The molecule has 1 aromatic carbocycles. The second-order valence-corrected chi connectivity index (χ2v) is 6.44. The zero-order valence-corrected chi connectivity index (χ0v) is 12.2. The minimum absolute atomic E-state index is 0.0356. The summed E-state index contributed by atoms with van der Waals surface area (Å²) in [5.41, 5.74) is 5.17. The van der Waals surface area contributed by atoms with E-state index in [4.69, 9.17) is 10.5 Å². The van der Waals surface area contributed by atoms with E-state index in [1.165, 1.54) is 25.3 Å². The van der Waals surface area contributed by atoms with E-state index in [1.807, 2.05) is 0 Å². The van der Waals surface area contributed by atoms with Gasteiger partial charge in [-0.25, -0.2) is 12.8 Å². The number of sulfonamides is 1. The molecule has 21 heavy (non-hydrogen) atoms. The number of nitrogens with zero attached hydrogens (tertiary/aromatic N) is 1. The molecule has 8 heteroatoms. The maximum absolute atomic E-state index is 13.3. The molecule has 1 aliphatic rings. The Kier molecular flexibility index (Phi) is 4.29. The molecule has 0 fully saturated rings. The van der Waals surface area contributed by atoms with Crippen LogP contribution in [-0.2, 0) is 10.0 Å². The van der Waals surface area contributed by atoms with Crippen LogP contribution in [0.15, 0.2) is 35.0 Å². The molecule has 114 valence electrons. The third-order valence-corrected chi connectivity index (χ3v) is 4.99. The van der Waals surface area contributed by atoms with Crippen molar-refractivity contribution in [1.82, 2.24) is 4.31 Å². The van der Waals surface area contributed by atoms with Crippen molar-refractivity contribution >= 4 is 15.9 Å². The van der Waals surface area contributed by atoms with Gasteiger partial charge in [-0.05, 0) is 24.6 Å². The molecule has 1 aromatic rings. The number of amides is 1. The number of benzene rings is 1. The van der Waals surface area contributed by atoms with Gasteiger partial charge in [0.05, 0.1) is 24.1 Å². The molecule has 0 atom stereocenters. The normalized spacial score (nSPS) is 16.4. The van der Waals surface area contributed by atoms with Crippen LogP contribution in [0, 0.1) is 0 Å². The molecule has 0 saturated heterocycles. The van der Waals surface area contributed by atoms with E-state index in [2.05, 4.69) is 0 Å². The highest BCUT2D eigenvalue weighted by molar-refractivity contribution is 7.89. The van der Waals surface area contributed by atoms with Crippen molar-refractivity contribution in [3.63, 3.8) is 0 Å². The molecule has 0 aliphatic carbocycles. The average Bonchev–Trinajstić information content (AvgIpc) is 2.46. The Labute approximate surface area is 122 Å². The maximum Gasteiger partial charge on any atom is 0.252 e. The van der Waals surface area contributed by atoms with E-state index in [-0.39, 0.29) is 29.3 Å². The van der Waals surface area contributed by atoms with Gasteiger partial charge >= 0.3 is 0 Å². The van der Waals surface area contributed by atoms with Crippen molar-refractivity contribution < 1.29 is 22.3 Å². The third-order valence-electron chi connectivity index (χ3n) is 3.15. The van der Waals surface area contributed by atoms with E-state index in [9.17, 15) is 17.6 Å². The van der Waals surface area contributed by atoms with Crippen LogP contribution >= 0.6 is 0 Å². The lowest BCUT2D eigenvalue weighted by molar-refractivity contribution is 0.0997. The summed E-state index contributed by atoms with van der Waals surface area (Å²) in [4.78, 5) is 11.2. The molecule has 0 aromatic heterocycles. The fourth-order valence-corrected chi connectivity index (χ4v) is 3.52. The number of primary amides is 1. The number of methoxy groups -OCH3 is 1. The molecule has 1 aliphatic heterocycles. The summed E-state index contributed by atoms with van der Waals surface area (Å²) in [5.74, 6) is -1.10. The summed E-state index contributed by atoms with van der Waals surface area (Å²) in [6.07, 6.45) is 1.67. The van der Waals surface area contributed by atoms with E-state index in [1.54, 1.807) is 0 Å². The van der Waals surface area contributed by atoms with Crippen LogP contribution in [0.1, 0.15) is 16.8 Å². The number of ether oxygens (including phenoxy) is 1. The van der Waals surface area contributed by atoms with Crippen molar-refractivity contribution in [3.8, 4) is 5.75 Å². The van der Waals surface area contributed by atoms with Crippen LogP contribution in [0.25, 0.3) is 0 Å². The number of hydrogen-bond donors (Lipinski definition) is 1. The van der Waals surface area contributed by atoms with Crippen molar-refractivity contribution in [1.29, 1.82) is 0 Å². The summed E-state index contributed by atoms with van der Waals surface area (Å²) < 4.78 is 44.1. The van der Waals surface area contributed by atoms with Gasteiger partial charge < -0.3 is 10.5 Å². The van der Waals surface area contributed by atoms with Crippen LogP contribution in [0.2, 0.25) is 0 Å². The first-order chi connectivity index (χ1) is 9.86. The number of halogens is 1. The zero-order chi connectivity index (χ0) is 15.6. The molecule has 1 amide bonds. The SMILES string of the molecule is COc1ccc(S(=O)(=O)N2CCC=C(F)C2)cc1C(N)=O. The van der Waals surface area contributed by atoms with E-state index in [0.29, 0.717) is 6.42 Å². The molecule has 0 unspecified atom stereocenters. The number of rotatable bonds is 4. The van der Waals surface area contributed by atoms with Crippen molar-refractivity contribution in [2.75, 3.05) is 20.2 Å². The fraction of sp³-hybridized carbons (Fsp3) is 0.308. The minimum Gasteiger partial charge on any atom is -0.496 e. The van der Waals surface area contributed by atoms with Crippen LogP contribution in [0.3, 0.4) is 0 Å². The summed E-state index contributed by atoms with van der Waals surface area (Å²) in [6.45, 7) is -0.117. The average molecular weight is 314 g/mol. The summed E-state index contributed by atoms with van der Waals surface area (Å²) >= 11 is 0. The highest BCUT2D eigenvalue weighted by atomic mass is 32.2. The monoisotopic (exact) mass is 314 g/mol. The summed E-state index contributed by atoms with van der Waals surface area (Å²) in [6, 6.07) is 3.80. The zero-order valence-electron chi connectivity index (χ0n) is 11.4. The second kappa shape index (κ2) is 5.82. The first-order valence-electron chi connectivity index (χ1n) is 6.19. The molecule has 1 heterocycles. The van der Waals surface area contributed by atoms with Gasteiger partial charge in [-0.3, -0.25) is 4.79 Å². The number of hydrogen-bond acceptors (Lipinski definition) is 4. The second-order valence-electron chi connectivity index (χ2n) is 4.50. The van der Waals surface area contributed by atoms with E-state index < -0.39 is 21.8 Å². The smallest absolute Gasteiger partial charge is 0.252 e. The third kappa shape index (κ3) is 3.06. The Hall–Kier alpha value is -1.93. The maximum atomic E-state index is 13.3. The Morgan fingerprint density at radius 1 is 1.43 bits per heavy atom. The molecule has 0 bridgehead atoms. The van der Waals surface area contributed by atoms with Crippen molar-refractivity contribution in [3.05, 3.63) is 35.7 Å². The molecule has 2 rings (SSSR count).